The first kappa shape index (κ1) is 18.8. The Morgan fingerprint density at radius 1 is 1.26 bits per heavy atom. The third-order valence-electron chi connectivity index (χ3n) is 6.29. The third-order valence-corrected chi connectivity index (χ3v) is 6.29. The van der Waals surface area contributed by atoms with Crippen LogP contribution in [0.5, 0.6) is 0 Å². The van der Waals surface area contributed by atoms with Gasteiger partial charge in [-0.1, -0.05) is 18.2 Å². The van der Waals surface area contributed by atoms with E-state index in [0.29, 0.717) is 17.3 Å². The Balaban J connectivity index is 1.43. The fourth-order valence-corrected chi connectivity index (χ4v) is 4.50. The molecule has 1 N–H and O–H groups in total. The number of aliphatic imine (C=N–C) groups is 1. The van der Waals surface area contributed by atoms with Gasteiger partial charge in [-0.05, 0) is 66.4 Å². The van der Waals surface area contributed by atoms with E-state index in [1.807, 2.05) is 24.3 Å². The number of furan rings is 1. The van der Waals surface area contributed by atoms with E-state index in [9.17, 15) is 9.59 Å². The van der Waals surface area contributed by atoms with Gasteiger partial charge >= 0.3 is 0 Å². The van der Waals surface area contributed by atoms with E-state index in [2.05, 4.69) is 9.89 Å². The average Bonchev–Trinajstić information content (AvgIpc) is 3.57. The van der Waals surface area contributed by atoms with Crippen LogP contribution >= 0.6 is 0 Å². The summed E-state index contributed by atoms with van der Waals surface area (Å²) in [5.74, 6) is -2.76. The normalized spacial score (nSPS) is 22.1. The van der Waals surface area contributed by atoms with Crippen LogP contribution in [0.2, 0.25) is 1.41 Å². The van der Waals surface area contributed by atoms with Gasteiger partial charge in [-0.3, -0.25) is 24.8 Å². The van der Waals surface area contributed by atoms with Gasteiger partial charge < -0.3 is 9.15 Å². The second-order valence-electron chi connectivity index (χ2n) is 8.53. The summed E-state index contributed by atoms with van der Waals surface area (Å²) in [5.41, 5.74) is 2.64. The minimum absolute atomic E-state index is 0.0140. The smallest absolute Gasteiger partial charge is 0.258 e. The molecule has 1 saturated heterocycles. The summed E-state index contributed by atoms with van der Waals surface area (Å²) in [6, 6.07) is 10.9. The predicted molar refractivity (Wildman–Crippen MR) is 129 cm³/mol. The molecule has 34 heavy (non-hydrogen) atoms. The van der Waals surface area contributed by atoms with Crippen molar-refractivity contribution in [3.05, 3.63) is 77.7 Å². The number of imide groups is 1. The van der Waals surface area contributed by atoms with Crippen molar-refractivity contribution in [2.75, 3.05) is 20.3 Å². The van der Waals surface area contributed by atoms with Crippen LogP contribution < -0.4 is 5.31 Å². The molecule has 174 valence electrons. The Hall–Kier alpha value is -3.55. The molecule has 3 heterocycles. The van der Waals surface area contributed by atoms with E-state index in [1.54, 1.807) is 13.2 Å². The molecule has 2 aliphatic heterocycles. The molecule has 2 amide bonds. The molecule has 0 saturated carbocycles. The lowest BCUT2D eigenvalue weighted by Gasteiger charge is -2.23. The summed E-state index contributed by atoms with van der Waals surface area (Å²) in [7, 11) is 1.72. The Morgan fingerprint density at radius 2 is 2.12 bits per heavy atom. The standard InChI is InChI=1S/C27H27N3O4/c1-33-17-22-3-2-11-30(22)15-18-4-7-21(8-5-18)28-14-25-24-13-19(20-10-12-34-16-20)6-9-23(24)26(31)29-27(25)32/h4-10,12-14,16,22,25H,2-3,11,15,17H2,1H3,(H,29,31,32)/t22-,25?/m1/s1/i6T,13T/hT. The highest BCUT2D eigenvalue weighted by atomic mass is 16.5. The van der Waals surface area contributed by atoms with E-state index in [-0.39, 0.29) is 34.1 Å². The van der Waals surface area contributed by atoms with E-state index in [1.165, 1.54) is 24.8 Å². The summed E-state index contributed by atoms with van der Waals surface area (Å²) in [6.07, 6.45) is 6.50. The molecule has 2 aromatic carbocycles. The van der Waals surface area contributed by atoms with Gasteiger partial charge in [-0.2, -0.15) is 0 Å². The largest absolute Gasteiger partial charge is 0.472 e. The number of hydrogen-bond acceptors (Lipinski definition) is 6. The van der Waals surface area contributed by atoms with Crippen molar-refractivity contribution < 1.29 is 22.9 Å². The molecule has 0 spiro atoms. The molecule has 3 aromatic rings. The average molecular weight is 464 g/mol. The molecule has 0 radical (unpaired) electrons. The second-order valence-corrected chi connectivity index (χ2v) is 8.53. The number of nitrogens with zero attached hydrogens (tertiary/aromatic N) is 2. The summed E-state index contributed by atoms with van der Waals surface area (Å²) in [5, 5.41) is 0.283. The molecule has 2 aliphatic rings. The number of benzene rings is 2. The van der Waals surface area contributed by atoms with Crippen molar-refractivity contribution >= 4 is 23.7 Å². The summed E-state index contributed by atoms with van der Waals surface area (Å²) >= 11 is 0. The van der Waals surface area contributed by atoms with Gasteiger partial charge in [0.15, 0.2) is 1.41 Å². The summed E-state index contributed by atoms with van der Waals surface area (Å²) < 4.78 is 35.5. The number of carbonyl (C=O) groups excluding carboxylic acids is 2. The Morgan fingerprint density at radius 3 is 2.88 bits per heavy atom. The van der Waals surface area contributed by atoms with E-state index < -0.39 is 17.7 Å². The number of likely N-dealkylation sites (tertiary alicyclic amines) is 1. The number of methoxy groups -OCH3 is 1. The summed E-state index contributed by atoms with van der Waals surface area (Å²) in [4.78, 5) is 32.5. The van der Waals surface area contributed by atoms with Crippen LogP contribution in [0.3, 0.4) is 0 Å². The maximum absolute atomic E-state index is 12.9. The Labute approximate surface area is 202 Å². The summed E-state index contributed by atoms with van der Waals surface area (Å²) in [6.45, 7) is 2.57. The minimum atomic E-state index is -1.11. The lowest BCUT2D eigenvalue weighted by Crippen LogP contribution is -2.41. The van der Waals surface area contributed by atoms with Crippen LogP contribution in [-0.4, -0.2) is 49.2 Å². The molecule has 2 atom stereocenters. The molecular weight excluding hydrogens is 430 g/mol. The Bertz CT molecular complexity index is 1340. The highest BCUT2D eigenvalue weighted by molar-refractivity contribution is 6.17. The van der Waals surface area contributed by atoms with Gasteiger partial charge in [0.1, 0.15) is 0 Å². The predicted octanol–water partition coefficient (Wildman–Crippen LogP) is 4.31. The van der Waals surface area contributed by atoms with E-state index in [4.69, 9.17) is 13.3 Å². The van der Waals surface area contributed by atoms with Crippen molar-refractivity contribution in [3.63, 3.8) is 0 Å². The zero-order chi connectivity index (χ0) is 26.1. The first-order valence-corrected chi connectivity index (χ1v) is 11.3. The molecule has 5 rings (SSSR count). The molecule has 1 fully saturated rings. The number of nitrogens with one attached hydrogen (secondary N) is 1. The third kappa shape index (κ3) is 4.58. The van der Waals surface area contributed by atoms with Crippen molar-refractivity contribution in [1.29, 1.82) is 0 Å². The molecule has 7 nitrogen and oxygen atoms in total. The van der Waals surface area contributed by atoms with Crippen LogP contribution in [0.4, 0.5) is 5.69 Å². The molecule has 0 aliphatic carbocycles. The zero-order valence-electron chi connectivity index (χ0n) is 21.9. The maximum Gasteiger partial charge on any atom is 0.258 e. The van der Waals surface area contributed by atoms with E-state index in [0.717, 1.165) is 38.1 Å². The van der Waals surface area contributed by atoms with Crippen LogP contribution in [-0.2, 0) is 16.1 Å². The number of amides is 2. The first-order chi connectivity index (χ1) is 17.9. The van der Waals surface area contributed by atoms with Crippen molar-refractivity contribution in [1.82, 2.24) is 10.2 Å². The molecule has 1 unspecified atom stereocenters. The number of fused-ring (bicyclic) bond motifs is 1. The minimum Gasteiger partial charge on any atom is -0.472 e. The van der Waals surface area contributed by atoms with Crippen molar-refractivity contribution in [2.24, 2.45) is 4.99 Å². The first-order valence-electron chi connectivity index (χ1n) is 12.7. The van der Waals surface area contributed by atoms with Crippen molar-refractivity contribution in [3.8, 4) is 11.1 Å². The monoisotopic (exact) mass is 463 g/mol. The zero-order valence-corrected chi connectivity index (χ0v) is 18.9. The lowest BCUT2D eigenvalue weighted by molar-refractivity contribution is -0.120. The van der Waals surface area contributed by atoms with Gasteiger partial charge in [0.2, 0.25) is 5.91 Å². The fraction of sp³-hybridized carbons (Fsp3) is 0.296. The van der Waals surface area contributed by atoms with Crippen LogP contribution in [0.25, 0.3) is 11.1 Å². The topological polar surface area (TPSA) is 84.1 Å². The van der Waals surface area contributed by atoms with E-state index >= 15 is 0 Å². The molecular formula is C27H27N3O4. The van der Waals surface area contributed by atoms with Crippen LogP contribution in [0.1, 0.15) is 43.0 Å². The van der Waals surface area contributed by atoms with Gasteiger partial charge in [-0.25, -0.2) is 0 Å². The van der Waals surface area contributed by atoms with Crippen molar-refractivity contribution in [2.45, 2.75) is 31.3 Å². The van der Waals surface area contributed by atoms with Crippen LogP contribution in [0.15, 0.2) is 70.4 Å². The highest BCUT2D eigenvalue weighted by Crippen LogP contribution is 2.30. The quantitative estimate of drug-likeness (QED) is 0.417. The number of rotatable bonds is 7. The van der Waals surface area contributed by atoms with Gasteiger partial charge in [-0.15, -0.1) is 0 Å². The number of hydrogen-bond donors (Lipinski definition) is 1. The molecule has 0 bridgehead atoms. The molecule has 1 aromatic heterocycles. The second kappa shape index (κ2) is 9.75. The van der Waals surface area contributed by atoms with Gasteiger partial charge in [0.25, 0.3) is 5.91 Å². The highest BCUT2D eigenvalue weighted by Gasteiger charge is 2.31. The number of ether oxygens (including phenoxy) is 1. The molecule has 7 heteroatoms. The SMILES string of the molecule is [3H]c1cc2c(c([3H])c1-c1ccoc1)C(C=Nc1ccc(CN3CCC[C@@H]3COC)cc1)C(=O)N([3H])C2=O. The van der Waals surface area contributed by atoms with Crippen LogP contribution in [0, 0.1) is 0 Å². The Kier molecular flexibility index (Phi) is 5.40. The van der Waals surface area contributed by atoms with Gasteiger partial charge in [0, 0.05) is 37.0 Å². The fourth-order valence-electron chi connectivity index (χ4n) is 4.50. The number of carbonyl (C=O) groups is 2. The maximum atomic E-state index is 12.9. The lowest BCUT2D eigenvalue weighted by atomic mass is 9.88. The van der Waals surface area contributed by atoms with Gasteiger partial charge in [0.05, 0.1) is 33.5 Å².